The summed E-state index contributed by atoms with van der Waals surface area (Å²) in [5.41, 5.74) is 3.41. The van der Waals surface area contributed by atoms with Crippen LogP contribution in [-0.4, -0.2) is 12.7 Å². The molecule has 1 aromatic carbocycles. The minimum Gasteiger partial charge on any atom is -0.378 e. The molecule has 3 unspecified atom stereocenters. The third-order valence-electron chi connectivity index (χ3n) is 3.17. The van der Waals surface area contributed by atoms with E-state index in [0.717, 1.165) is 6.42 Å². The van der Waals surface area contributed by atoms with Crippen LogP contribution in [0.4, 0.5) is 4.39 Å². The van der Waals surface area contributed by atoms with Crippen LogP contribution in [0.2, 0.25) is 5.02 Å². The molecule has 1 aromatic rings. The van der Waals surface area contributed by atoms with E-state index in [1.807, 2.05) is 6.92 Å². The first-order valence-corrected chi connectivity index (χ1v) is 6.02. The lowest BCUT2D eigenvalue weighted by Crippen LogP contribution is -2.34. The Morgan fingerprint density at radius 2 is 2.35 bits per heavy atom. The molecule has 1 saturated heterocycles. The molecule has 94 valence electrons. The SMILES string of the molecule is CC1CC(C(NN)c2cc(F)ccc2Cl)CO1. The van der Waals surface area contributed by atoms with E-state index in [9.17, 15) is 4.39 Å². The van der Waals surface area contributed by atoms with Crippen molar-refractivity contribution in [2.24, 2.45) is 11.8 Å². The molecule has 0 spiro atoms. The quantitative estimate of drug-likeness (QED) is 0.647. The molecule has 0 aromatic heterocycles. The summed E-state index contributed by atoms with van der Waals surface area (Å²) in [6.07, 6.45) is 1.10. The van der Waals surface area contributed by atoms with E-state index < -0.39 is 0 Å². The van der Waals surface area contributed by atoms with Gasteiger partial charge in [0, 0.05) is 10.9 Å². The van der Waals surface area contributed by atoms with Gasteiger partial charge in [0.05, 0.1) is 18.8 Å². The average molecular weight is 259 g/mol. The van der Waals surface area contributed by atoms with Crippen molar-refractivity contribution in [2.45, 2.75) is 25.5 Å². The molecule has 0 bridgehead atoms. The van der Waals surface area contributed by atoms with Gasteiger partial charge in [0.1, 0.15) is 5.82 Å². The van der Waals surface area contributed by atoms with E-state index in [0.29, 0.717) is 17.2 Å². The number of rotatable bonds is 3. The number of nitrogens with two attached hydrogens (primary N) is 1. The van der Waals surface area contributed by atoms with Crippen LogP contribution in [0.3, 0.4) is 0 Å². The van der Waals surface area contributed by atoms with E-state index in [1.54, 1.807) is 6.07 Å². The maximum Gasteiger partial charge on any atom is 0.123 e. The molecule has 0 saturated carbocycles. The number of halogens is 2. The van der Waals surface area contributed by atoms with Crippen LogP contribution in [-0.2, 0) is 4.74 Å². The first-order chi connectivity index (χ1) is 8.11. The van der Waals surface area contributed by atoms with Crippen LogP contribution in [0.1, 0.15) is 24.9 Å². The molecular formula is C12H16ClFN2O. The van der Waals surface area contributed by atoms with Crippen molar-refractivity contribution in [3.63, 3.8) is 0 Å². The van der Waals surface area contributed by atoms with E-state index in [4.69, 9.17) is 22.2 Å². The lowest BCUT2D eigenvalue weighted by Gasteiger charge is -2.23. The Kier molecular flexibility index (Phi) is 3.99. The lowest BCUT2D eigenvalue weighted by molar-refractivity contribution is 0.117. The fourth-order valence-electron chi connectivity index (χ4n) is 2.32. The van der Waals surface area contributed by atoms with Crippen molar-refractivity contribution in [3.8, 4) is 0 Å². The van der Waals surface area contributed by atoms with Crippen molar-refractivity contribution in [3.05, 3.63) is 34.6 Å². The first-order valence-electron chi connectivity index (χ1n) is 5.64. The summed E-state index contributed by atoms with van der Waals surface area (Å²) < 4.78 is 18.8. The zero-order valence-corrected chi connectivity index (χ0v) is 10.4. The summed E-state index contributed by atoms with van der Waals surface area (Å²) in [4.78, 5) is 0. The summed E-state index contributed by atoms with van der Waals surface area (Å²) in [5, 5.41) is 0.522. The standard InChI is InChI=1S/C12H16ClFN2O/c1-7-4-8(6-17-7)12(16-15)10-5-9(14)2-3-11(10)13/h2-3,5,7-8,12,16H,4,6,15H2,1H3. The van der Waals surface area contributed by atoms with Crippen LogP contribution in [0.25, 0.3) is 0 Å². The third-order valence-corrected chi connectivity index (χ3v) is 3.52. The maximum absolute atomic E-state index is 13.2. The number of benzene rings is 1. The molecule has 1 aliphatic rings. The Morgan fingerprint density at radius 1 is 1.59 bits per heavy atom. The second kappa shape index (κ2) is 5.31. The van der Waals surface area contributed by atoms with Crippen molar-refractivity contribution >= 4 is 11.6 Å². The van der Waals surface area contributed by atoms with Gasteiger partial charge in [0.2, 0.25) is 0 Å². The smallest absolute Gasteiger partial charge is 0.123 e. The minimum atomic E-state index is -0.309. The monoisotopic (exact) mass is 258 g/mol. The summed E-state index contributed by atoms with van der Waals surface area (Å²) in [7, 11) is 0. The predicted molar refractivity (Wildman–Crippen MR) is 65.0 cm³/mol. The number of hydrogen-bond donors (Lipinski definition) is 2. The highest BCUT2D eigenvalue weighted by Gasteiger charge is 2.31. The largest absolute Gasteiger partial charge is 0.378 e. The van der Waals surface area contributed by atoms with Gasteiger partial charge < -0.3 is 4.74 Å². The molecule has 1 aliphatic heterocycles. The van der Waals surface area contributed by atoms with Gasteiger partial charge in [-0.2, -0.15) is 0 Å². The molecule has 0 amide bonds. The topological polar surface area (TPSA) is 47.3 Å². The highest BCUT2D eigenvalue weighted by molar-refractivity contribution is 6.31. The lowest BCUT2D eigenvalue weighted by atomic mass is 9.91. The Hall–Kier alpha value is -0.680. The molecule has 2 rings (SSSR count). The van der Waals surface area contributed by atoms with Crippen LogP contribution in [0.15, 0.2) is 18.2 Å². The molecule has 1 fully saturated rings. The molecule has 3 N–H and O–H groups in total. The highest BCUT2D eigenvalue weighted by atomic mass is 35.5. The molecule has 5 heteroatoms. The summed E-state index contributed by atoms with van der Waals surface area (Å²) in [5.74, 6) is 5.47. The molecule has 1 heterocycles. The van der Waals surface area contributed by atoms with Gasteiger partial charge in [-0.15, -0.1) is 0 Å². The molecule has 3 atom stereocenters. The fraction of sp³-hybridized carbons (Fsp3) is 0.500. The highest BCUT2D eigenvalue weighted by Crippen LogP contribution is 2.34. The van der Waals surface area contributed by atoms with Crippen LogP contribution >= 0.6 is 11.6 Å². The number of hydrogen-bond acceptors (Lipinski definition) is 3. The molecule has 0 radical (unpaired) electrons. The molecule has 0 aliphatic carbocycles. The fourth-order valence-corrected chi connectivity index (χ4v) is 2.55. The van der Waals surface area contributed by atoms with Gasteiger partial charge >= 0.3 is 0 Å². The average Bonchev–Trinajstić information content (AvgIpc) is 2.71. The van der Waals surface area contributed by atoms with Crippen molar-refractivity contribution < 1.29 is 9.13 Å². The van der Waals surface area contributed by atoms with Gasteiger partial charge in [0.25, 0.3) is 0 Å². The first kappa shape index (κ1) is 12.8. The summed E-state index contributed by atoms with van der Waals surface area (Å²) in [6, 6.07) is 4.14. The van der Waals surface area contributed by atoms with Gasteiger partial charge in [-0.3, -0.25) is 11.3 Å². The van der Waals surface area contributed by atoms with Gasteiger partial charge in [-0.1, -0.05) is 11.6 Å². The van der Waals surface area contributed by atoms with E-state index >= 15 is 0 Å². The van der Waals surface area contributed by atoms with Crippen LogP contribution in [0.5, 0.6) is 0 Å². The predicted octanol–water partition coefficient (Wildman–Crippen LogP) is 2.41. The Balaban J connectivity index is 2.25. The molecule has 17 heavy (non-hydrogen) atoms. The summed E-state index contributed by atoms with van der Waals surface area (Å²) in [6.45, 7) is 2.63. The summed E-state index contributed by atoms with van der Waals surface area (Å²) >= 11 is 6.08. The van der Waals surface area contributed by atoms with E-state index in [2.05, 4.69) is 5.43 Å². The zero-order valence-electron chi connectivity index (χ0n) is 9.62. The number of ether oxygens (including phenoxy) is 1. The van der Waals surface area contributed by atoms with Gasteiger partial charge in [-0.05, 0) is 37.1 Å². The Labute approximate surface area is 105 Å². The van der Waals surface area contributed by atoms with Crippen molar-refractivity contribution in [2.75, 3.05) is 6.61 Å². The second-order valence-electron chi connectivity index (χ2n) is 4.45. The van der Waals surface area contributed by atoms with Gasteiger partial charge in [0.15, 0.2) is 0 Å². The maximum atomic E-state index is 13.2. The van der Waals surface area contributed by atoms with Crippen LogP contribution < -0.4 is 11.3 Å². The zero-order chi connectivity index (χ0) is 12.4. The third kappa shape index (κ3) is 2.77. The molecule has 3 nitrogen and oxygen atoms in total. The Morgan fingerprint density at radius 3 is 2.94 bits per heavy atom. The van der Waals surface area contributed by atoms with E-state index in [-0.39, 0.29) is 23.9 Å². The van der Waals surface area contributed by atoms with Crippen molar-refractivity contribution in [1.82, 2.24) is 5.43 Å². The number of hydrazine groups is 1. The second-order valence-corrected chi connectivity index (χ2v) is 4.86. The normalized spacial score (nSPS) is 26.1. The molecular weight excluding hydrogens is 243 g/mol. The number of nitrogens with one attached hydrogen (secondary N) is 1. The Bertz CT molecular complexity index is 402. The van der Waals surface area contributed by atoms with E-state index in [1.165, 1.54) is 12.1 Å². The van der Waals surface area contributed by atoms with Crippen LogP contribution in [0, 0.1) is 11.7 Å². The van der Waals surface area contributed by atoms with Gasteiger partial charge in [-0.25, -0.2) is 4.39 Å². The minimum absolute atomic E-state index is 0.178. The van der Waals surface area contributed by atoms with Crippen molar-refractivity contribution in [1.29, 1.82) is 0 Å².